The van der Waals surface area contributed by atoms with Gasteiger partial charge in [-0.05, 0) is 35.4 Å². The molecule has 0 saturated carbocycles. The number of aliphatic hydroxyl groups excluding tert-OH is 1. The van der Waals surface area contributed by atoms with Gasteiger partial charge in [0.15, 0.2) is 0 Å². The summed E-state index contributed by atoms with van der Waals surface area (Å²) in [7, 11) is 0. The van der Waals surface area contributed by atoms with Gasteiger partial charge in [-0.25, -0.2) is 0 Å². The number of aliphatic hydroxyl groups is 1. The molecule has 0 radical (unpaired) electrons. The highest BCUT2D eigenvalue weighted by Crippen LogP contribution is 2.31. The monoisotopic (exact) mass is 417 g/mol. The van der Waals surface area contributed by atoms with E-state index in [4.69, 9.17) is 4.74 Å². The molecule has 2 atom stereocenters. The minimum Gasteiger partial charge on any atom is -0.394 e. The molecule has 7 nitrogen and oxygen atoms in total. The number of carbonyl (C=O) groups is 2. The van der Waals surface area contributed by atoms with Crippen molar-refractivity contribution >= 4 is 17.5 Å². The smallest absolute Gasteiger partial charge is 0.274 e. The number of carbonyl (C=O) groups excluding carboxylic acids is 2. The fraction of sp³-hybridized carbons (Fsp3) is 0.208. The maximum Gasteiger partial charge on any atom is 0.274 e. The second kappa shape index (κ2) is 9.51. The first kappa shape index (κ1) is 20.7. The van der Waals surface area contributed by atoms with Crippen LogP contribution in [0.25, 0.3) is 0 Å². The summed E-state index contributed by atoms with van der Waals surface area (Å²) in [6, 6.07) is 21.5. The molecule has 1 aliphatic rings. The lowest BCUT2D eigenvalue weighted by molar-refractivity contribution is -0.162. The molecule has 0 aliphatic carbocycles. The zero-order chi connectivity index (χ0) is 21.6. The van der Waals surface area contributed by atoms with Gasteiger partial charge in [0.25, 0.3) is 5.91 Å². The Morgan fingerprint density at radius 1 is 1.06 bits per heavy atom. The lowest BCUT2D eigenvalue weighted by atomic mass is 9.98. The number of amides is 2. The summed E-state index contributed by atoms with van der Waals surface area (Å²) in [5.74, 6) is -0.450. The molecule has 1 aromatic heterocycles. The molecule has 3 aromatic rings. The zero-order valence-electron chi connectivity index (χ0n) is 16.8. The van der Waals surface area contributed by atoms with Crippen molar-refractivity contribution in [1.82, 2.24) is 9.88 Å². The number of rotatable bonds is 6. The first-order valence-corrected chi connectivity index (χ1v) is 10.0. The van der Waals surface area contributed by atoms with E-state index in [9.17, 15) is 14.7 Å². The molecule has 1 fully saturated rings. The van der Waals surface area contributed by atoms with Crippen LogP contribution in [0.1, 0.15) is 27.7 Å². The predicted molar refractivity (Wildman–Crippen MR) is 115 cm³/mol. The Hall–Kier alpha value is -3.55. The van der Waals surface area contributed by atoms with E-state index in [0.29, 0.717) is 17.9 Å². The van der Waals surface area contributed by atoms with E-state index in [1.54, 1.807) is 41.4 Å². The third-order valence-electron chi connectivity index (χ3n) is 5.23. The van der Waals surface area contributed by atoms with Crippen molar-refractivity contribution in [2.75, 3.05) is 18.5 Å². The number of nitrogens with zero attached hydrogens (tertiary/aromatic N) is 2. The molecule has 1 aliphatic heterocycles. The van der Waals surface area contributed by atoms with Gasteiger partial charge in [-0.15, -0.1) is 0 Å². The van der Waals surface area contributed by atoms with Gasteiger partial charge in [0, 0.05) is 18.4 Å². The second-order valence-corrected chi connectivity index (χ2v) is 7.28. The number of benzene rings is 2. The average molecular weight is 417 g/mol. The third-order valence-corrected chi connectivity index (χ3v) is 5.23. The van der Waals surface area contributed by atoms with Crippen LogP contribution >= 0.6 is 0 Å². The largest absolute Gasteiger partial charge is 0.394 e. The van der Waals surface area contributed by atoms with Gasteiger partial charge in [-0.3, -0.25) is 14.6 Å². The summed E-state index contributed by atoms with van der Waals surface area (Å²) >= 11 is 0. The highest BCUT2D eigenvalue weighted by Gasteiger charge is 2.37. The fourth-order valence-electron chi connectivity index (χ4n) is 3.65. The number of hydrogen-bond donors (Lipinski definition) is 2. The van der Waals surface area contributed by atoms with Crippen LogP contribution in [0.5, 0.6) is 0 Å². The molecule has 2 unspecified atom stereocenters. The summed E-state index contributed by atoms with van der Waals surface area (Å²) in [6.45, 7) is 0.135. The van der Waals surface area contributed by atoms with Crippen LogP contribution in [-0.2, 0) is 16.1 Å². The summed E-state index contributed by atoms with van der Waals surface area (Å²) in [5.41, 5.74) is 2.76. The highest BCUT2D eigenvalue weighted by molar-refractivity contribution is 6.02. The lowest BCUT2D eigenvalue weighted by Crippen LogP contribution is -2.52. The fourth-order valence-corrected chi connectivity index (χ4v) is 3.65. The molecular formula is C24H23N3O4. The molecule has 2 aromatic carbocycles. The Morgan fingerprint density at radius 3 is 2.48 bits per heavy atom. The van der Waals surface area contributed by atoms with Gasteiger partial charge in [-0.2, -0.15) is 0 Å². The number of pyridine rings is 1. The van der Waals surface area contributed by atoms with Crippen molar-refractivity contribution in [2.24, 2.45) is 0 Å². The van der Waals surface area contributed by atoms with Gasteiger partial charge in [0.05, 0.1) is 12.6 Å². The first-order valence-electron chi connectivity index (χ1n) is 10.0. The second-order valence-electron chi connectivity index (χ2n) is 7.28. The van der Waals surface area contributed by atoms with E-state index in [0.717, 1.165) is 11.1 Å². The summed E-state index contributed by atoms with van der Waals surface area (Å²) < 4.78 is 5.79. The van der Waals surface area contributed by atoms with E-state index >= 15 is 0 Å². The third kappa shape index (κ3) is 4.79. The van der Waals surface area contributed by atoms with Gasteiger partial charge in [0.1, 0.15) is 18.4 Å². The molecule has 2 heterocycles. The molecule has 4 rings (SSSR count). The minimum atomic E-state index is -0.504. The number of hydrogen-bond acceptors (Lipinski definition) is 5. The van der Waals surface area contributed by atoms with Gasteiger partial charge in [0.2, 0.25) is 5.91 Å². The van der Waals surface area contributed by atoms with Crippen molar-refractivity contribution in [1.29, 1.82) is 0 Å². The quantitative estimate of drug-likeness (QED) is 0.644. The lowest BCUT2D eigenvalue weighted by Gasteiger charge is -2.40. The average Bonchev–Trinajstić information content (AvgIpc) is 2.82. The number of ether oxygens (including phenoxy) is 1. The minimum absolute atomic E-state index is 0.0494. The summed E-state index contributed by atoms with van der Waals surface area (Å²) in [4.78, 5) is 30.5. The van der Waals surface area contributed by atoms with Crippen molar-refractivity contribution in [3.8, 4) is 0 Å². The van der Waals surface area contributed by atoms with Crippen LogP contribution < -0.4 is 5.32 Å². The SMILES string of the molecule is O=C(Nc1ccc(C2OCC(=O)N(Cc3ccccc3)C2CO)cc1)c1ccccn1. The van der Waals surface area contributed by atoms with E-state index in [-0.39, 0.29) is 25.0 Å². The maximum atomic E-state index is 12.5. The van der Waals surface area contributed by atoms with Crippen LogP contribution in [0, 0.1) is 0 Å². The number of aromatic nitrogens is 1. The normalized spacial score (nSPS) is 18.6. The number of anilines is 1. The number of nitrogens with one attached hydrogen (secondary N) is 1. The van der Waals surface area contributed by atoms with Crippen molar-refractivity contribution in [3.05, 3.63) is 95.8 Å². The molecule has 7 heteroatoms. The van der Waals surface area contributed by atoms with Crippen LogP contribution in [0.15, 0.2) is 79.0 Å². The van der Waals surface area contributed by atoms with Gasteiger partial charge < -0.3 is 20.1 Å². The predicted octanol–water partition coefficient (Wildman–Crippen LogP) is 2.79. The Balaban J connectivity index is 1.48. The molecular weight excluding hydrogens is 394 g/mol. The molecule has 2 N–H and O–H groups in total. The Morgan fingerprint density at radius 2 is 1.81 bits per heavy atom. The Bertz CT molecular complexity index is 1030. The van der Waals surface area contributed by atoms with Crippen LogP contribution in [0.4, 0.5) is 5.69 Å². The van der Waals surface area contributed by atoms with Crippen molar-refractivity contribution in [3.63, 3.8) is 0 Å². The standard InChI is InChI=1S/C24H23N3O4/c28-15-21-23(31-16-22(29)27(21)14-17-6-2-1-3-7-17)18-9-11-19(12-10-18)26-24(30)20-8-4-5-13-25-20/h1-13,21,23,28H,14-16H2,(H,26,30). The zero-order valence-corrected chi connectivity index (χ0v) is 16.8. The molecule has 2 amide bonds. The molecule has 0 spiro atoms. The van der Waals surface area contributed by atoms with E-state index < -0.39 is 12.1 Å². The van der Waals surface area contributed by atoms with Crippen molar-refractivity contribution < 1.29 is 19.4 Å². The Labute approximate surface area is 180 Å². The first-order chi connectivity index (χ1) is 15.2. The topological polar surface area (TPSA) is 91.8 Å². The van der Waals surface area contributed by atoms with E-state index in [2.05, 4.69) is 10.3 Å². The number of morpholine rings is 1. The van der Waals surface area contributed by atoms with Crippen LogP contribution in [0.3, 0.4) is 0 Å². The van der Waals surface area contributed by atoms with Crippen LogP contribution in [-0.4, -0.2) is 46.1 Å². The van der Waals surface area contributed by atoms with Crippen molar-refractivity contribution in [2.45, 2.75) is 18.7 Å². The molecule has 31 heavy (non-hydrogen) atoms. The summed E-state index contributed by atoms with van der Waals surface area (Å²) in [5, 5.41) is 12.9. The highest BCUT2D eigenvalue weighted by atomic mass is 16.5. The van der Waals surface area contributed by atoms with Crippen LogP contribution in [0.2, 0.25) is 0 Å². The van der Waals surface area contributed by atoms with E-state index in [1.165, 1.54) is 0 Å². The van der Waals surface area contributed by atoms with Gasteiger partial charge in [-0.1, -0.05) is 48.5 Å². The molecule has 1 saturated heterocycles. The molecule has 0 bridgehead atoms. The van der Waals surface area contributed by atoms with Gasteiger partial charge >= 0.3 is 0 Å². The van der Waals surface area contributed by atoms with E-state index in [1.807, 2.05) is 42.5 Å². The summed E-state index contributed by atoms with van der Waals surface area (Å²) in [6.07, 6.45) is 1.10. The molecule has 158 valence electrons. The maximum absolute atomic E-state index is 12.5. The Kier molecular flexibility index (Phi) is 6.35.